The monoisotopic (exact) mass is 403 g/mol. The molecule has 2 rings (SSSR count). The van der Waals surface area contributed by atoms with Gasteiger partial charge >= 0.3 is 0 Å². The maximum Gasteiger partial charge on any atom is 0.137 e. The first kappa shape index (κ1) is 15.7. The number of halogens is 3. The fourth-order valence-corrected chi connectivity index (χ4v) is 3.29. The average molecular weight is 405 g/mol. The minimum absolute atomic E-state index is 0.205. The number of aryl methyl sites for hydroxylation is 2. The lowest BCUT2D eigenvalue weighted by molar-refractivity contribution is 0.612. The lowest BCUT2D eigenvalue weighted by Gasteiger charge is -2.13. The Labute approximate surface area is 134 Å². The van der Waals surface area contributed by atoms with Gasteiger partial charge in [0.05, 0.1) is 20.3 Å². The molecule has 3 nitrogen and oxygen atoms in total. The Balaban J connectivity index is 2.25. The van der Waals surface area contributed by atoms with Crippen LogP contribution in [0.25, 0.3) is 0 Å². The molecule has 0 saturated heterocycles. The van der Waals surface area contributed by atoms with Crippen LogP contribution in [0.2, 0.25) is 0 Å². The number of hydrogen-bond acceptors (Lipinski definition) is 2. The van der Waals surface area contributed by atoms with Crippen molar-refractivity contribution < 1.29 is 4.39 Å². The number of benzene rings is 1. The zero-order valence-electron chi connectivity index (χ0n) is 11.3. The highest BCUT2D eigenvalue weighted by molar-refractivity contribution is 9.10. The van der Waals surface area contributed by atoms with Crippen LogP contribution in [-0.4, -0.2) is 9.78 Å². The highest BCUT2D eigenvalue weighted by Gasteiger charge is 2.17. The topological polar surface area (TPSA) is 43.8 Å². The van der Waals surface area contributed by atoms with Gasteiger partial charge in [-0.05, 0) is 56.0 Å². The molecule has 1 aromatic carbocycles. The van der Waals surface area contributed by atoms with Crippen LogP contribution >= 0.6 is 31.9 Å². The van der Waals surface area contributed by atoms with E-state index >= 15 is 0 Å². The fraction of sp³-hybridized carbons (Fsp3) is 0.357. The second-order valence-electron chi connectivity index (χ2n) is 4.67. The van der Waals surface area contributed by atoms with E-state index in [4.69, 9.17) is 5.73 Å². The first-order valence-electron chi connectivity index (χ1n) is 6.34. The molecule has 0 bridgehead atoms. The van der Waals surface area contributed by atoms with Gasteiger partial charge in [0.15, 0.2) is 0 Å². The third-order valence-electron chi connectivity index (χ3n) is 3.29. The predicted octanol–water partition coefficient (Wildman–Crippen LogP) is 3.89. The summed E-state index contributed by atoms with van der Waals surface area (Å²) in [5, 5.41) is 4.45. The fourth-order valence-electron chi connectivity index (χ4n) is 2.11. The van der Waals surface area contributed by atoms with E-state index in [1.807, 2.05) is 11.7 Å². The van der Waals surface area contributed by atoms with Gasteiger partial charge in [-0.25, -0.2) is 4.39 Å². The third kappa shape index (κ3) is 3.13. The Kier molecular flexibility index (Phi) is 4.99. The van der Waals surface area contributed by atoms with Crippen molar-refractivity contribution in [3.05, 3.63) is 49.9 Å². The standard InChI is InChI=1S/C14H16Br2FN3/c1-3-12-14(16)13(20(2)19-12)7-11(18)8-4-5-10(17)9(15)6-8/h4-6,11H,3,7,18H2,1-2H3. The van der Waals surface area contributed by atoms with Gasteiger partial charge < -0.3 is 5.73 Å². The summed E-state index contributed by atoms with van der Waals surface area (Å²) in [6, 6.07) is 4.67. The maximum atomic E-state index is 13.3. The molecular weight excluding hydrogens is 389 g/mol. The van der Waals surface area contributed by atoms with E-state index in [9.17, 15) is 4.39 Å². The van der Waals surface area contributed by atoms with Gasteiger partial charge in [0.25, 0.3) is 0 Å². The van der Waals surface area contributed by atoms with E-state index < -0.39 is 0 Å². The summed E-state index contributed by atoms with van der Waals surface area (Å²) in [7, 11) is 1.91. The number of nitrogens with two attached hydrogens (primary N) is 1. The lowest BCUT2D eigenvalue weighted by Crippen LogP contribution is -2.15. The number of nitrogens with zero attached hydrogens (tertiary/aromatic N) is 2. The molecule has 1 atom stereocenters. The Morgan fingerprint density at radius 2 is 2.10 bits per heavy atom. The molecule has 0 fully saturated rings. The molecule has 108 valence electrons. The molecule has 2 N–H and O–H groups in total. The molecule has 0 aliphatic rings. The van der Waals surface area contributed by atoms with Crippen molar-refractivity contribution in [1.29, 1.82) is 0 Å². The largest absolute Gasteiger partial charge is 0.324 e. The Bertz CT molecular complexity index is 625. The van der Waals surface area contributed by atoms with Crippen molar-refractivity contribution in [2.75, 3.05) is 0 Å². The molecule has 0 spiro atoms. The van der Waals surface area contributed by atoms with Crippen LogP contribution in [0.5, 0.6) is 0 Å². The Morgan fingerprint density at radius 1 is 1.40 bits per heavy atom. The smallest absolute Gasteiger partial charge is 0.137 e. The van der Waals surface area contributed by atoms with Crippen LogP contribution in [0.1, 0.15) is 29.9 Å². The van der Waals surface area contributed by atoms with Gasteiger partial charge in [0.2, 0.25) is 0 Å². The zero-order chi connectivity index (χ0) is 14.9. The van der Waals surface area contributed by atoms with Gasteiger partial charge in [-0.1, -0.05) is 13.0 Å². The summed E-state index contributed by atoms with van der Waals surface area (Å²) in [4.78, 5) is 0. The second-order valence-corrected chi connectivity index (χ2v) is 6.32. The van der Waals surface area contributed by atoms with Gasteiger partial charge in [0, 0.05) is 19.5 Å². The average Bonchev–Trinajstić information content (AvgIpc) is 2.69. The van der Waals surface area contributed by atoms with Crippen molar-refractivity contribution >= 4 is 31.9 Å². The summed E-state index contributed by atoms with van der Waals surface area (Å²) in [5.41, 5.74) is 9.20. The Morgan fingerprint density at radius 3 is 2.65 bits per heavy atom. The molecule has 6 heteroatoms. The molecule has 0 aliphatic carbocycles. The van der Waals surface area contributed by atoms with Crippen molar-refractivity contribution in [3.63, 3.8) is 0 Å². The molecule has 20 heavy (non-hydrogen) atoms. The maximum absolute atomic E-state index is 13.3. The molecule has 0 saturated carbocycles. The van der Waals surface area contributed by atoms with E-state index in [1.54, 1.807) is 12.1 Å². The molecule has 1 unspecified atom stereocenters. The van der Waals surface area contributed by atoms with E-state index in [0.29, 0.717) is 10.9 Å². The van der Waals surface area contributed by atoms with Gasteiger partial charge in [-0.3, -0.25) is 4.68 Å². The van der Waals surface area contributed by atoms with E-state index in [1.165, 1.54) is 6.07 Å². The van der Waals surface area contributed by atoms with Crippen molar-refractivity contribution in [1.82, 2.24) is 9.78 Å². The molecule has 1 heterocycles. The van der Waals surface area contributed by atoms with Crippen LogP contribution < -0.4 is 5.73 Å². The minimum Gasteiger partial charge on any atom is -0.324 e. The van der Waals surface area contributed by atoms with Crippen LogP contribution in [0, 0.1) is 5.82 Å². The summed E-state index contributed by atoms with van der Waals surface area (Å²) < 4.78 is 16.6. The zero-order valence-corrected chi connectivity index (χ0v) is 14.5. The molecule has 0 amide bonds. The lowest BCUT2D eigenvalue weighted by atomic mass is 10.0. The number of aromatic nitrogens is 2. The van der Waals surface area contributed by atoms with Crippen LogP contribution in [0.4, 0.5) is 4.39 Å². The first-order chi connectivity index (χ1) is 9.43. The van der Waals surface area contributed by atoms with E-state index in [0.717, 1.165) is 27.8 Å². The van der Waals surface area contributed by atoms with Crippen LogP contribution in [0.3, 0.4) is 0 Å². The SMILES string of the molecule is CCc1nn(C)c(CC(N)c2ccc(F)c(Br)c2)c1Br. The van der Waals surface area contributed by atoms with Gasteiger partial charge in [0.1, 0.15) is 5.82 Å². The summed E-state index contributed by atoms with van der Waals surface area (Å²) in [6.45, 7) is 2.06. The quantitative estimate of drug-likeness (QED) is 0.839. The normalized spacial score (nSPS) is 12.7. The minimum atomic E-state index is -0.282. The van der Waals surface area contributed by atoms with E-state index in [2.05, 4.69) is 43.9 Å². The van der Waals surface area contributed by atoms with E-state index in [-0.39, 0.29) is 11.9 Å². The van der Waals surface area contributed by atoms with Crippen LogP contribution in [0.15, 0.2) is 27.1 Å². The van der Waals surface area contributed by atoms with Crippen molar-refractivity contribution in [2.45, 2.75) is 25.8 Å². The molecule has 1 aromatic heterocycles. The van der Waals surface area contributed by atoms with Crippen LogP contribution in [-0.2, 0) is 19.9 Å². The number of hydrogen-bond donors (Lipinski definition) is 1. The Hall–Kier alpha value is -0.720. The third-order valence-corrected chi connectivity index (χ3v) is 4.81. The highest BCUT2D eigenvalue weighted by atomic mass is 79.9. The number of rotatable bonds is 4. The summed E-state index contributed by atoms with van der Waals surface area (Å²) in [5.74, 6) is -0.282. The molecule has 0 radical (unpaired) electrons. The summed E-state index contributed by atoms with van der Waals surface area (Å²) in [6.07, 6.45) is 1.51. The van der Waals surface area contributed by atoms with Gasteiger partial charge in [-0.2, -0.15) is 5.10 Å². The second kappa shape index (κ2) is 6.37. The van der Waals surface area contributed by atoms with Gasteiger partial charge in [-0.15, -0.1) is 0 Å². The highest BCUT2D eigenvalue weighted by Crippen LogP contribution is 2.27. The molecular formula is C14H16Br2FN3. The predicted molar refractivity (Wildman–Crippen MR) is 85.0 cm³/mol. The molecule has 2 aromatic rings. The van der Waals surface area contributed by atoms with Crippen molar-refractivity contribution in [2.24, 2.45) is 12.8 Å². The van der Waals surface area contributed by atoms with Crippen molar-refractivity contribution in [3.8, 4) is 0 Å². The molecule has 0 aliphatic heterocycles. The summed E-state index contributed by atoms with van der Waals surface area (Å²) >= 11 is 6.77. The first-order valence-corrected chi connectivity index (χ1v) is 7.93.